The standard InChI is InChI=1S/C22H25F2N3O2S/c1-4-26(5-2)9-10-27(20(28)14-29-17-8-6-7-15(3)11-17)22-25-21-18(24)12-16(23)13-19(21)30-22/h6-8,11-13H,4-5,9-10,14H2,1-3H3. The molecule has 0 saturated carbocycles. The maximum absolute atomic E-state index is 14.1. The van der Waals surface area contributed by atoms with E-state index in [1.807, 2.05) is 39.0 Å². The molecule has 0 unspecified atom stereocenters. The van der Waals surface area contributed by atoms with Gasteiger partial charge in [-0.25, -0.2) is 13.8 Å². The van der Waals surface area contributed by atoms with Crippen LogP contribution in [0, 0.1) is 18.6 Å². The van der Waals surface area contributed by atoms with Gasteiger partial charge in [0.15, 0.2) is 17.6 Å². The highest BCUT2D eigenvalue weighted by molar-refractivity contribution is 7.22. The second-order valence-corrected chi connectivity index (χ2v) is 7.92. The Morgan fingerprint density at radius 2 is 1.90 bits per heavy atom. The number of thiazole rings is 1. The van der Waals surface area contributed by atoms with Gasteiger partial charge in [0, 0.05) is 19.2 Å². The number of carbonyl (C=O) groups excluding carboxylic acids is 1. The van der Waals surface area contributed by atoms with Crippen molar-refractivity contribution in [3.05, 3.63) is 53.6 Å². The Bertz CT molecular complexity index is 1020. The summed E-state index contributed by atoms with van der Waals surface area (Å²) in [4.78, 5) is 21.0. The van der Waals surface area contributed by atoms with E-state index < -0.39 is 11.6 Å². The molecule has 0 bridgehead atoms. The van der Waals surface area contributed by atoms with E-state index >= 15 is 0 Å². The zero-order chi connectivity index (χ0) is 21.7. The van der Waals surface area contributed by atoms with Crippen LogP contribution >= 0.6 is 11.3 Å². The molecule has 2 aromatic carbocycles. The largest absolute Gasteiger partial charge is 0.484 e. The fraction of sp³-hybridized carbons (Fsp3) is 0.364. The number of hydrogen-bond acceptors (Lipinski definition) is 5. The molecule has 0 aliphatic heterocycles. The first-order valence-electron chi connectivity index (χ1n) is 9.89. The van der Waals surface area contributed by atoms with Crippen LogP contribution < -0.4 is 9.64 Å². The summed E-state index contributed by atoms with van der Waals surface area (Å²) in [6, 6.07) is 9.47. The van der Waals surface area contributed by atoms with Crippen molar-refractivity contribution in [2.75, 3.05) is 37.7 Å². The molecular formula is C22H25F2N3O2S. The molecule has 5 nitrogen and oxygen atoms in total. The summed E-state index contributed by atoms with van der Waals surface area (Å²) in [6.07, 6.45) is 0. The number of nitrogens with zero attached hydrogens (tertiary/aromatic N) is 3. The van der Waals surface area contributed by atoms with Crippen molar-refractivity contribution < 1.29 is 18.3 Å². The van der Waals surface area contributed by atoms with Crippen LogP contribution in [0.4, 0.5) is 13.9 Å². The average molecular weight is 434 g/mol. The number of fused-ring (bicyclic) bond motifs is 1. The fourth-order valence-electron chi connectivity index (χ4n) is 3.10. The summed E-state index contributed by atoms with van der Waals surface area (Å²) in [5.74, 6) is -1.09. The van der Waals surface area contributed by atoms with Gasteiger partial charge in [-0.05, 0) is 43.8 Å². The highest BCUT2D eigenvalue weighted by Gasteiger charge is 2.22. The number of rotatable bonds is 9. The fourth-order valence-corrected chi connectivity index (χ4v) is 4.15. The number of aromatic nitrogens is 1. The van der Waals surface area contributed by atoms with E-state index in [1.54, 1.807) is 6.07 Å². The zero-order valence-corrected chi connectivity index (χ0v) is 18.1. The Kier molecular flexibility index (Phi) is 7.33. The van der Waals surface area contributed by atoms with Gasteiger partial charge in [0.05, 0.1) is 4.70 Å². The number of halogens is 2. The van der Waals surface area contributed by atoms with Crippen LogP contribution in [0.3, 0.4) is 0 Å². The van der Waals surface area contributed by atoms with Gasteiger partial charge in [0.2, 0.25) is 0 Å². The third kappa shape index (κ3) is 5.31. The summed E-state index contributed by atoms with van der Waals surface area (Å²) in [5, 5.41) is 0.333. The second-order valence-electron chi connectivity index (χ2n) is 6.91. The quantitative estimate of drug-likeness (QED) is 0.493. The Morgan fingerprint density at radius 3 is 2.60 bits per heavy atom. The van der Waals surface area contributed by atoms with Gasteiger partial charge >= 0.3 is 0 Å². The van der Waals surface area contributed by atoms with E-state index in [1.165, 1.54) is 11.0 Å². The lowest BCUT2D eigenvalue weighted by molar-refractivity contribution is -0.120. The first kappa shape index (κ1) is 22.1. The normalized spacial score (nSPS) is 11.3. The molecule has 1 heterocycles. The molecule has 0 aliphatic rings. The van der Waals surface area contributed by atoms with Crippen molar-refractivity contribution >= 4 is 32.6 Å². The Balaban J connectivity index is 1.84. The molecule has 1 amide bonds. The van der Waals surface area contributed by atoms with Crippen LogP contribution in [0.5, 0.6) is 5.75 Å². The van der Waals surface area contributed by atoms with Crippen LogP contribution in [-0.2, 0) is 4.79 Å². The predicted octanol–water partition coefficient (Wildman–Crippen LogP) is 4.64. The van der Waals surface area contributed by atoms with E-state index in [4.69, 9.17) is 4.74 Å². The molecule has 0 atom stereocenters. The van der Waals surface area contributed by atoms with E-state index in [2.05, 4.69) is 9.88 Å². The molecule has 0 aliphatic carbocycles. The monoisotopic (exact) mass is 433 g/mol. The number of hydrogen-bond donors (Lipinski definition) is 0. The van der Waals surface area contributed by atoms with Crippen molar-refractivity contribution in [3.8, 4) is 5.75 Å². The van der Waals surface area contributed by atoms with Crippen molar-refractivity contribution in [2.45, 2.75) is 20.8 Å². The Labute approximate surface area is 178 Å². The lowest BCUT2D eigenvalue weighted by Crippen LogP contribution is -2.41. The first-order valence-corrected chi connectivity index (χ1v) is 10.7. The SMILES string of the molecule is CCN(CC)CCN(C(=O)COc1cccc(C)c1)c1nc2c(F)cc(F)cc2s1. The van der Waals surface area contributed by atoms with Gasteiger partial charge in [-0.15, -0.1) is 0 Å². The molecule has 160 valence electrons. The molecule has 0 radical (unpaired) electrons. The topological polar surface area (TPSA) is 45.7 Å². The number of aryl methyl sites for hydroxylation is 1. The summed E-state index contributed by atoms with van der Waals surface area (Å²) in [5.41, 5.74) is 1.10. The molecule has 0 saturated heterocycles. The number of anilines is 1. The minimum Gasteiger partial charge on any atom is -0.484 e. The molecule has 0 N–H and O–H groups in total. The van der Waals surface area contributed by atoms with Crippen LogP contribution in [0.2, 0.25) is 0 Å². The smallest absolute Gasteiger partial charge is 0.266 e. The van der Waals surface area contributed by atoms with Crippen molar-refractivity contribution in [1.82, 2.24) is 9.88 Å². The lowest BCUT2D eigenvalue weighted by atomic mass is 10.2. The minimum atomic E-state index is -0.736. The number of likely N-dealkylation sites (N-methyl/N-ethyl adjacent to an activating group) is 1. The van der Waals surface area contributed by atoms with Crippen molar-refractivity contribution in [2.24, 2.45) is 0 Å². The maximum atomic E-state index is 14.1. The van der Waals surface area contributed by atoms with E-state index in [0.29, 0.717) is 28.7 Å². The highest BCUT2D eigenvalue weighted by Crippen LogP contribution is 2.31. The summed E-state index contributed by atoms with van der Waals surface area (Å²) >= 11 is 1.09. The van der Waals surface area contributed by atoms with Crippen LogP contribution in [-0.4, -0.2) is 48.6 Å². The maximum Gasteiger partial charge on any atom is 0.266 e. The number of amides is 1. The first-order chi connectivity index (χ1) is 14.4. The van der Waals surface area contributed by atoms with Crippen LogP contribution in [0.1, 0.15) is 19.4 Å². The van der Waals surface area contributed by atoms with Crippen molar-refractivity contribution in [1.29, 1.82) is 0 Å². The number of carbonyl (C=O) groups is 1. The number of benzene rings is 2. The van der Waals surface area contributed by atoms with Gasteiger partial charge in [-0.1, -0.05) is 37.3 Å². The summed E-state index contributed by atoms with van der Waals surface area (Å²) < 4.78 is 33.7. The van der Waals surface area contributed by atoms with E-state index in [0.717, 1.165) is 36.1 Å². The third-order valence-electron chi connectivity index (χ3n) is 4.82. The molecule has 8 heteroatoms. The van der Waals surface area contributed by atoms with Gasteiger partial charge in [-0.2, -0.15) is 0 Å². The molecule has 3 aromatic rings. The molecule has 0 fully saturated rings. The second kappa shape index (κ2) is 9.95. The number of ether oxygens (including phenoxy) is 1. The summed E-state index contributed by atoms with van der Waals surface area (Å²) in [6.45, 7) is 8.57. The Hall–Kier alpha value is -2.58. The van der Waals surface area contributed by atoms with Gasteiger partial charge in [-0.3, -0.25) is 9.69 Å². The Morgan fingerprint density at radius 1 is 1.13 bits per heavy atom. The van der Waals surface area contributed by atoms with Gasteiger partial charge in [0.1, 0.15) is 17.1 Å². The minimum absolute atomic E-state index is 0.0663. The molecule has 0 spiro atoms. The molecule has 3 rings (SSSR count). The van der Waals surface area contributed by atoms with Gasteiger partial charge < -0.3 is 9.64 Å². The van der Waals surface area contributed by atoms with E-state index in [9.17, 15) is 13.6 Å². The zero-order valence-electron chi connectivity index (χ0n) is 17.3. The average Bonchev–Trinajstić information content (AvgIpc) is 3.13. The highest BCUT2D eigenvalue weighted by atomic mass is 32.1. The summed E-state index contributed by atoms with van der Waals surface area (Å²) in [7, 11) is 0. The molecular weight excluding hydrogens is 408 g/mol. The molecule has 1 aromatic heterocycles. The van der Waals surface area contributed by atoms with Gasteiger partial charge in [0.25, 0.3) is 5.91 Å². The van der Waals surface area contributed by atoms with Crippen molar-refractivity contribution in [3.63, 3.8) is 0 Å². The van der Waals surface area contributed by atoms with Crippen LogP contribution in [0.25, 0.3) is 10.2 Å². The molecule has 30 heavy (non-hydrogen) atoms. The lowest BCUT2D eigenvalue weighted by Gasteiger charge is -2.24. The van der Waals surface area contributed by atoms with Crippen LogP contribution in [0.15, 0.2) is 36.4 Å². The van der Waals surface area contributed by atoms with E-state index in [-0.39, 0.29) is 18.0 Å². The third-order valence-corrected chi connectivity index (χ3v) is 5.85. The predicted molar refractivity (Wildman–Crippen MR) is 116 cm³/mol.